The molecule has 0 aliphatic rings. The topological polar surface area (TPSA) is 69.8 Å². The van der Waals surface area contributed by atoms with E-state index in [1.807, 2.05) is 49.4 Å². The fourth-order valence-electron chi connectivity index (χ4n) is 2.79. The molecule has 0 saturated carbocycles. The van der Waals surface area contributed by atoms with Crippen molar-refractivity contribution in [3.63, 3.8) is 0 Å². The molecular formula is C20H22N4O2S. The van der Waals surface area contributed by atoms with Crippen molar-refractivity contribution in [2.24, 2.45) is 14.1 Å². The Hall–Kier alpha value is -2.67. The molecule has 0 unspecified atom stereocenters. The monoisotopic (exact) mass is 382 g/mol. The van der Waals surface area contributed by atoms with Crippen LogP contribution < -0.4 is 11.2 Å². The highest BCUT2D eigenvalue weighted by molar-refractivity contribution is 7.99. The molecule has 0 fully saturated rings. The van der Waals surface area contributed by atoms with Crippen molar-refractivity contribution in [2.75, 3.05) is 5.75 Å². The van der Waals surface area contributed by atoms with E-state index in [0.717, 1.165) is 16.6 Å². The maximum Gasteiger partial charge on any atom is 0.332 e. The molecule has 0 radical (unpaired) electrons. The highest BCUT2D eigenvalue weighted by Gasteiger charge is 2.16. The zero-order valence-electron chi connectivity index (χ0n) is 15.7. The van der Waals surface area contributed by atoms with Gasteiger partial charge in [-0.25, -0.2) is 14.8 Å². The Labute approximate surface area is 161 Å². The number of fused-ring (bicyclic) bond motifs is 1. The largest absolute Gasteiger partial charge is 0.332 e. The predicted molar refractivity (Wildman–Crippen MR) is 110 cm³/mol. The van der Waals surface area contributed by atoms with E-state index in [1.54, 1.807) is 7.05 Å². The average molecular weight is 382 g/mol. The molecule has 0 aliphatic carbocycles. The van der Waals surface area contributed by atoms with Crippen molar-refractivity contribution in [2.45, 2.75) is 24.8 Å². The molecule has 6 nitrogen and oxygen atoms in total. The van der Waals surface area contributed by atoms with Crippen LogP contribution in [0, 0.1) is 0 Å². The van der Waals surface area contributed by atoms with Gasteiger partial charge >= 0.3 is 5.69 Å². The van der Waals surface area contributed by atoms with Crippen LogP contribution in [0.3, 0.4) is 0 Å². The first-order valence-electron chi connectivity index (χ1n) is 8.84. The summed E-state index contributed by atoms with van der Waals surface area (Å²) in [5, 5.41) is 1.02. The van der Waals surface area contributed by atoms with E-state index in [4.69, 9.17) is 0 Å². The van der Waals surface area contributed by atoms with Crippen molar-refractivity contribution in [3.8, 4) is 0 Å². The number of hydrogen-bond donors (Lipinski definition) is 0. The van der Waals surface area contributed by atoms with E-state index in [1.165, 1.54) is 23.4 Å². The summed E-state index contributed by atoms with van der Waals surface area (Å²) in [6.07, 6.45) is 5.67. The Morgan fingerprint density at radius 3 is 2.52 bits per heavy atom. The van der Waals surface area contributed by atoms with Gasteiger partial charge in [0.25, 0.3) is 5.56 Å². The minimum atomic E-state index is -0.381. The van der Waals surface area contributed by atoms with Crippen LogP contribution in [-0.4, -0.2) is 24.9 Å². The second-order valence-electron chi connectivity index (χ2n) is 6.22. The predicted octanol–water partition coefficient (Wildman–Crippen LogP) is 2.79. The average Bonchev–Trinajstić information content (AvgIpc) is 2.68. The molecule has 0 bridgehead atoms. The highest BCUT2D eigenvalue weighted by atomic mass is 32.2. The molecule has 0 atom stereocenters. The van der Waals surface area contributed by atoms with Crippen LogP contribution in [0.2, 0.25) is 0 Å². The van der Waals surface area contributed by atoms with Crippen LogP contribution in [-0.2, 0) is 20.5 Å². The first-order chi connectivity index (χ1) is 13.0. The zero-order chi connectivity index (χ0) is 19.4. The lowest BCUT2D eigenvalue weighted by Crippen LogP contribution is -2.37. The maximum atomic E-state index is 12.7. The molecule has 0 aliphatic heterocycles. The number of benzene rings is 1. The molecule has 2 aromatic heterocycles. The molecule has 2 heterocycles. The number of aryl methyl sites for hydroxylation is 2. The molecule has 0 spiro atoms. The molecule has 1 aromatic carbocycles. The minimum Gasteiger partial charge on any atom is -0.280 e. The van der Waals surface area contributed by atoms with E-state index in [2.05, 4.69) is 9.97 Å². The van der Waals surface area contributed by atoms with Gasteiger partial charge in [-0.15, -0.1) is 11.8 Å². The van der Waals surface area contributed by atoms with Crippen LogP contribution in [0.15, 0.2) is 51.0 Å². The van der Waals surface area contributed by atoms with E-state index < -0.39 is 0 Å². The van der Waals surface area contributed by atoms with E-state index in [9.17, 15) is 9.59 Å². The van der Waals surface area contributed by atoms with Gasteiger partial charge in [-0.2, -0.15) is 0 Å². The Morgan fingerprint density at radius 2 is 1.81 bits per heavy atom. The molecule has 3 rings (SSSR count). The molecule has 0 saturated heterocycles. The lowest BCUT2D eigenvalue weighted by atomic mass is 10.2. The van der Waals surface area contributed by atoms with Gasteiger partial charge in [0.05, 0.1) is 0 Å². The van der Waals surface area contributed by atoms with E-state index in [-0.39, 0.29) is 11.2 Å². The smallest absolute Gasteiger partial charge is 0.280 e. The van der Waals surface area contributed by atoms with Gasteiger partial charge in [-0.1, -0.05) is 49.4 Å². The highest BCUT2D eigenvalue weighted by Crippen LogP contribution is 2.23. The quantitative estimate of drug-likeness (QED) is 0.484. The van der Waals surface area contributed by atoms with Crippen molar-refractivity contribution in [3.05, 3.63) is 68.6 Å². The van der Waals surface area contributed by atoms with Gasteiger partial charge in [-0.05, 0) is 12.0 Å². The number of rotatable bonds is 6. The first kappa shape index (κ1) is 19.1. The summed E-state index contributed by atoms with van der Waals surface area (Å²) in [5.74, 6) is 1.32. The summed E-state index contributed by atoms with van der Waals surface area (Å²) in [6, 6.07) is 10.0. The van der Waals surface area contributed by atoms with Crippen molar-refractivity contribution < 1.29 is 0 Å². The van der Waals surface area contributed by atoms with Gasteiger partial charge < -0.3 is 0 Å². The lowest BCUT2D eigenvalue weighted by molar-refractivity contribution is 0.696. The summed E-state index contributed by atoms with van der Waals surface area (Å²) >= 11 is 1.48. The van der Waals surface area contributed by atoms with Crippen LogP contribution in [0.4, 0.5) is 0 Å². The Bertz CT molecular complexity index is 1100. The third kappa shape index (κ3) is 4.03. The molecular weight excluding hydrogens is 360 g/mol. The van der Waals surface area contributed by atoms with Crippen LogP contribution in [0.25, 0.3) is 17.1 Å². The normalized spacial score (nSPS) is 11.5. The Morgan fingerprint density at radius 1 is 1.07 bits per heavy atom. The second kappa shape index (κ2) is 8.35. The zero-order valence-corrected chi connectivity index (χ0v) is 16.5. The number of aromatic nitrogens is 4. The first-order valence-corrected chi connectivity index (χ1v) is 9.82. The third-order valence-corrected chi connectivity index (χ3v) is 5.14. The summed E-state index contributed by atoms with van der Waals surface area (Å²) in [4.78, 5) is 34.0. The summed E-state index contributed by atoms with van der Waals surface area (Å²) in [5.41, 5.74) is 0.783. The van der Waals surface area contributed by atoms with Gasteiger partial charge in [0.1, 0.15) is 16.2 Å². The van der Waals surface area contributed by atoms with E-state index >= 15 is 0 Å². The summed E-state index contributed by atoms with van der Waals surface area (Å²) in [7, 11) is 3.12. The Balaban J connectivity index is 2.01. The van der Waals surface area contributed by atoms with Crippen molar-refractivity contribution in [1.29, 1.82) is 0 Å². The second-order valence-corrected chi connectivity index (χ2v) is 7.23. The fraction of sp³-hybridized carbons (Fsp3) is 0.300. The SMILES string of the molecule is CCCc1nc(SCC=Cc2ccccc2)c2c(=O)n(C)c(=O)n(C)c2n1. The van der Waals surface area contributed by atoms with Crippen LogP contribution in [0.1, 0.15) is 24.7 Å². The van der Waals surface area contributed by atoms with Crippen molar-refractivity contribution in [1.82, 2.24) is 19.1 Å². The lowest BCUT2D eigenvalue weighted by Gasteiger charge is -2.11. The molecule has 140 valence electrons. The standard InChI is InChI=1S/C20H22N4O2S/c1-4-9-15-21-17-16(19(25)24(3)20(26)23(17)2)18(22-15)27-13-8-12-14-10-6-5-7-11-14/h5-8,10-12H,4,9,13H2,1-3H3. The maximum absolute atomic E-state index is 12.7. The molecule has 0 amide bonds. The van der Waals surface area contributed by atoms with Gasteiger partial charge in [0.2, 0.25) is 0 Å². The van der Waals surface area contributed by atoms with E-state index in [0.29, 0.717) is 34.1 Å². The van der Waals surface area contributed by atoms with Crippen LogP contribution >= 0.6 is 11.8 Å². The number of thioether (sulfide) groups is 1. The van der Waals surface area contributed by atoms with Gasteiger partial charge in [0.15, 0.2) is 5.65 Å². The van der Waals surface area contributed by atoms with Gasteiger partial charge in [0, 0.05) is 26.3 Å². The summed E-state index contributed by atoms with van der Waals surface area (Å²) in [6.45, 7) is 2.05. The number of nitrogens with zero attached hydrogens (tertiary/aromatic N) is 4. The minimum absolute atomic E-state index is 0.356. The number of hydrogen-bond acceptors (Lipinski definition) is 5. The van der Waals surface area contributed by atoms with Crippen LogP contribution in [0.5, 0.6) is 0 Å². The molecule has 3 aromatic rings. The van der Waals surface area contributed by atoms with Crippen molar-refractivity contribution >= 4 is 28.9 Å². The van der Waals surface area contributed by atoms with Gasteiger partial charge in [-0.3, -0.25) is 13.9 Å². The molecule has 7 heteroatoms. The molecule has 27 heavy (non-hydrogen) atoms. The fourth-order valence-corrected chi connectivity index (χ4v) is 3.63. The Kier molecular flexibility index (Phi) is 5.91. The molecule has 0 N–H and O–H groups in total. The third-order valence-electron chi connectivity index (χ3n) is 4.21. The summed E-state index contributed by atoms with van der Waals surface area (Å²) < 4.78 is 2.52.